The van der Waals surface area contributed by atoms with E-state index in [2.05, 4.69) is 47.9 Å². The maximum absolute atomic E-state index is 11.1. The number of rotatable bonds is 6. The van der Waals surface area contributed by atoms with Crippen molar-refractivity contribution in [2.75, 3.05) is 0 Å². The van der Waals surface area contributed by atoms with Crippen LogP contribution in [-0.2, 0) is 0 Å². The maximum Gasteiger partial charge on any atom is 0.252 e. The van der Waals surface area contributed by atoms with E-state index in [0.29, 0.717) is 17.7 Å². The fourth-order valence-corrected chi connectivity index (χ4v) is 1.83. The van der Waals surface area contributed by atoms with Gasteiger partial charge < -0.3 is 4.98 Å². The summed E-state index contributed by atoms with van der Waals surface area (Å²) in [4.78, 5) is 17.5. The Morgan fingerprint density at radius 2 is 1.83 bits per heavy atom. The molecule has 0 atom stereocenters. The van der Waals surface area contributed by atoms with Gasteiger partial charge in [0, 0.05) is 6.07 Å². The molecule has 0 spiro atoms. The Labute approximate surface area is 108 Å². The lowest BCUT2D eigenvalue weighted by Gasteiger charge is -2.15. The van der Waals surface area contributed by atoms with Gasteiger partial charge in [-0.15, -0.1) is 5.11 Å². The van der Waals surface area contributed by atoms with Gasteiger partial charge in [-0.2, -0.15) is 5.11 Å². The van der Waals surface area contributed by atoms with Crippen LogP contribution in [0.1, 0.15) is 40.5 Å². The largest absolute Gasteiger partial charge is 0.313 e. The molecule has 0 amide bonds. The first-order chi connectivity index (χ1) is 8.47. The van der Waals surface area contributed by atoms with Gasteiger partial charge in [0.2, 0.25) is 0 Å². The van der Waals surface area contributed by atoms with Crippen molar-refractivity contribution in [3.8, 4) is 0 Å². The molecule has 0 saturated heterocycles. The van der Waals surface area contributed by atoms with E-state index in [-0.39, 0.29) is 11.6 Å². The van der Waals surface area contributed by atoms with Gasteiger partial charge in [-0.1, -0.05) is 27.7 Å². The van der Waals surface area contributed by atoms with Crippen LogP contribution in [0, 0.1) is 11.8 Å². The molecule has 100 valence electrons. The topological polar surface area (TPSA) is 70.5 Å². The second kappa shape index (κ2) is 7.03. The van der Waals surface area contributed by atoms with Crippen molar-refractivity contribution in [3.63, 3.8) is 0 Å². The molecule has 0 aromatic carbocycles. The molecule has 1 heterocycles. The summed E-state index contributed by atoms with van der Waals surface area (Å²) in [6.07, 6.45) is 3.35. The number of hydrogen-bond acceptors (Lipinski definition) is 4. The lowest BCUT2D eigenvalue weighted by atomic mass is 9.96. The molecule has 0 saturated carbocycles. The second-order valence-electron chi connectivity index (χ2n) is 5.40. The molecular formula is C13H22N4O. The van der Waals surface area contributed by atoms with Crippen molar-refractivity contribution in [2.45, 2.75) is 46.6 Å². The maximum atomic E-state index is 11.1. The van der Waals surface area contributed by atoms with Crippen molar-refractivity contribution >= 4 is 5.82 Å². The van der Waals surface area contributed by atoms with Crippen molar-refractivity contribution in [1.82, 2.24) is 9.97 Å². The highest BCUT2D eigenvalue weighted by atomic mass is 16.1. The SMILES string of the molecule is CC(C)CC(CC(C)C)N=Nc1cc(=O)[nH]cn1. The summed E-state index contributed by atoms with van der Waals surface area (Å²) in [7, 11) is 0. The molecule has 0 radical (unpaired) electrons. The third kappa shape index (κ3) is 5.70. The van der Waals surface area contributed by atoms with Gasteiger partial charge in [-0.05, 0) is 24.7 Å². The van der Waals surface area contributed by atoms with Gasteiger partial charge in [0.15, 0.2) is 5.82 Å². The van der Waals surface area contributed by atoms with E-state index in [1.165, 1.54) is 12.4 Å². The van der Waals surface area contributed by atoms with Gasteiger partial charge in [0.05, 0.1) is 12.4 Å². The first kappa shape index (κ1) is 14.5. The summed E-state index contributed by atoms with van der Waals surface area (Å²) >= 11 is 0. The number of nitrogens with one attached hydrogen (secondary N) is 1. The molecule has 0 fully saturated rings. The zero-order chi connectivity index (χ0) is 13.5. The third-order valence-corrected chi connectivity index (χ3v) is 2.47. The van der Waals surface area contributed by atoms with Crippen LogP contribution in [0.15, 0.2) is 27.4 Å². The van der Waals surface area contributed by atoms with E-state index in [1.54, 1.807) is 0 Å². The lowest BCUT2D eigenvalue weighted by molar-refractivity contribution is 0.413. The van der Waals surface area contributed by atoms with Crippen LogP contribution in [0.4, 0.5) is 5.82 Å². The molecule has 0 aliphatic heterocycles. The Morgan fingerprint density at radius 1 is 1.22 bits per heavy atom. The van der Waals surface area contributed by atoms with Gasteiger partial charge in [0.1, 0.15) is 0 Å². The van der Waals surface area contributed by atoms with E-state index in [4.69, 9.17) is 0 Å². The first-order valence-corrected chi connectivity index (χ1v) is 6.43. The van der Waals surface area contributed by atoms with Gasteiger partial charge in [0.25, 0.3) is 5.56 Å². The number of nitrogens with zero attached hydrogens (tertiary/aromatic N) is 3. The van der Waals surface area contributed by atoms with Gasteiger partial charge in [-0.25, -0.2) is 4.98 Å². The number of azo groups is 1. The predicted octanol–water partition coefficient (Wildman–Crippen LogP) is 3.31. The third-order valence-electron chi connectivity index (χ3n) is 2.47. The molecule has 0 bridgehead atoms. The Morgan fingerprint density at radius 3 is 2.33 bits per heavy atom. The quantitative estimate of drug-likeness (QED) is 0.787. The summed E-state index contributed by atoms with van der Waals surface area (Å²) in [5.41, 5.74) is -0.205. The molecule has 1 N–H and O–H groups in total. The first-order valence-electron chi connectivity index (χ1n) is 6.43. The molecule has 5 heteroatoms. The highest BCUT2D eigenvalue weighted by Gasteiger charge is 2.12. The molecule has 0 unspecified atom stereocenters. The second-order valence-corrected chi connectivity index (χ2v) is 5.40. The highest BCUT2D eigenvalue weighted by Crippen LogP contribution is 2.18. The minimum absolute atomic E-state index is 0.200. The van der Waals surface area contributed by atoms with Crippen molar-refractivity contribution in [1.29, 1.82) is 0 Å². The van der Waals surface area contributed by atoms with E-state index >= 15 is 0 Å². The molecular weight excluding hydrogens is 228 g/mol. The average Bonchev–Trinajstić information content (AvgIpc) is 2.24. The summed E-state index contributed by atoms with van der Waals surface area (Å²) in [6.45, 7) is 8.70. The van der Waals surface area contributed by atoms with Crippen LogP contribution >= 0.6 is 0 Å². The normalized spacial score (nSPS) is 12.2. The van der Waals surface area contributed by atoms with E-state index < -0.39 is 0 Å². The zero-order valence-electron chi connectivity index (χ0n) is 11.6. The van der Waals surface area contributed by atoms with Crippen LogP contribution < -0.4 is 5.56 Å². The fourth-order valence-electron chi connectivity index (χ4n) is 1.83. The minimum atomic E-state index is -0.205. The Hall–Kier alpha value is -1.52. The Balaban J connectivity index is 2.72. The number of aromatic nitrogens is 2. The van der Waals surface area contributed by atoms with Crippen molar-refractivity contribution in [2.24, 2.45) is 22.1 Å². The van der Waals surface area contributed by atoms with Crippen LogP contribution in [0.3, 0.4) is 0 Å². The molecule has 0 aliphatic carbocycles. The highest BCUT2D eigenvalue weighted by molar-refractivity contribution is 5.21. The minimum Gasteiger partial charge on any atom is -0.313 e. The van der Waals surface area contributed by atoms with Crippen LogP contribution in [0.25, 0.3) is 0 Å². The lowest BCUT2D eigenvalue weighted by Crippen LogP contribution is -2.11. The van der Waals surface area contributed by atoms with E-state index in [9.17, 15) is 4.79 Å². The van der Waals surface area contributed by atoms with Crippen molar-refractivity contribution in [3.05, 3.63) is 22.7 Å². The predicted molar refractivity (Wildman–Crippen MR) is 72.1 cm³/mol. The van der Waals surface area contributed by atoms with Gasteiger partial charge in [-0.3, -0.25) is 4.79 Å². The number of hydrogen-bond donors (Lipinski definition) is 1. The molecule has 1 aromatic heterocycles. The van der Waals surface area contributed by atoms with Gasteiger partial charge >= 0.3 is 0 Å². The molecule has 0 aliphatic rings. The molecule has 5 nitrogen and oxygen atoms in total. The standard InChI is InChI=1S/C13H22N4O/c1-9(2)5-11(6-10(3)4)16-17-12-7-13(18)15-8-14-12/h7-11H,5-6H2,1-4H3,(H,14,15,18). The zero-order valence-corrected chi connectivity index (χ0v) is 11.6. The van der Waals surface area contributed by atoms with Crippen LogP contribution in [0.5, 0.6) is 0 Å². The van der Waals surface area contributed by atoms with E-state index in [1.807, 2.05) is 0 Å². The summed E-state index contributed by atoms with van der Waals surface area (Å²) in [6, 6.07) is 1.55. The molecule has 1 aromatic rings. The molecule has 1 rings (SSSR count). The summed E-state index contributed by atoms with van der Waals surface area (Å²) < 4.78 is 0. The smallest absolute Gasteiger partial charge is 0.252 e. The number of H-pyrrole nitrogens is 1. The average molecular weight is 250 g/mol. The number of aromatic amines is 1. The Kier molecular flexibility index (Phi) is 5.68. The Bertz CT molecular complexity index is 427. The van der Waals surface area contributed by atoms with Crippen LogP contribution in [0.2, 0.25) is 0 Å². The molecule has 18 heavy (non-hydrogen) atoms. The summed E-state index contributed by atoms with van der Waals surface area (Å²) in [5, 5.41) is 8.39. The van der Waals surface area contributed by atoms with Crippen molar-refractivity contribution < 1.29 is 0 Å². The monoisotopic (exact) mass is 250 g/mol. The van der Waals surface area contributed by atoms with E-state index in [0.717, 1.165) is 12.8 Å². The fraction of sp³-hybridized carbons (Fsp3) is 0.692. The van der Waals surface area contributed by atoms with Crippen LogP contribution in [-0.4, -0.2) is 16.0 Å². The summed E-state index contributed by atoms with van der Waals surface area (Å²) in [5.74, 6) is 1.54.